The lowest BCUT2D eigenvalue weighted by Gasteiger charge is -2.09. The van der Waals surface area contributed by atoms with Crippen LogP contribution >= 0.6 is 11.6 Å². The lowest BCUT2D eigenvalue weighted by molar-refractivity contribution is 0.0696. The minimum atomic E-state index is -1.07. The predicted molar refractivity (Wildman–Crippen MR) is 76.8 cm³/mol. The third-order valence-electron chi connectivity index (χ3n) is 2.76. The summed E-state index contributed by atoms with van der Waals surface area (Å²) in [6.07, 6.45) is 0. The first kappa shape index (κ1) is 14.3. The summed E-state index contributed by atoms with van der Waals surface area (Å²) in [5.41, 5.74) is 1.17. The summed E-state index contributed by atoms with van der Waals surface area (Å²) in [6.45, 7) is 4.17. The monoisotopic (exact) mass is 291 g/mol. The molecule has 5 heteroatoms. The van der Waals surface area contributed by atoms with E-state index >= 15 is 0 Å². The minimum absolute atomic E-state index is 0.0417. The highest BCUT2D eigenvalue weighted by Crippen LogP contribution is 2.26. The number of carboxylic acids is 1. The maximum atomic E-state index is 11.0. The smallest absolute Gasteiger partial charge is 0.335 e. The number of rotatable bonds is 4. The van der Waals surface area contributed by atoms with E-state index < -0.39 is 5.97 Å². The SMILES string of the molecule is CC(C)c1cccc(Oc2cc(C(=O)O)cc(Cl)n2)c1. The summed E-state index contributed by atoms with van der Waals surface area (Å²) >= 11 is 5.79. The molecule has 0 radical (unpaired) electrons. The van der Waals surface area contributed by atoms with Crippen LogP contribution < -0.4 is 4.74 Å². The van der Waals surface area contributed by atoms with Gasteiger partial charge in [-0.15, -0.1) is 0 Å². The van der Waals surface area contributed by atoms with Crippen molar-refractivity contribution >= 4 is 17.6 Å². The van der Waals surface area contributed by atoms with Gasteiger partial charge in [-0.05, 0) is 29.7 Å². The summed E-state index contributed by atoms with van der Waals surface area (Å²) in [5, 5.41) is 9.06. The van der Waals surface area contributed by atoms with E-state index in [0.717, 1.165) is 5.56 Å². The molecule has 0 atom stereocenters. The molecule has 4 nitrogen and oxygen atoms in total. The quantitative estimate of drug-likeness (QED) is 0.851. The van der Waals surface area contributed by atoms with Crippen LogP contribution in [0.3, 0.4) is 0 Å². The summed E-state index contributed by atoms with van der Waals surface area (Å²) in [5.74, 6) is 0.0636. The van der Waals surface area contributed by atoms with Gasteiger partial charge in [-0.2, -0.15) is 0 Å². The van der Waals surface area contributed by atoms with E-state index in [1.54, 1.807) is 6.07 Å². The van der Waals surface area contributed by atoms with E-state index in [9.17, 15) is 4.79 Å². The number of carboxylic acid groups (broad SMARTS) is 1. The Morgan fingerprint density at radius 1 is 1.30 bits per heavy atom. The van der Waals surface area contributed by atoms with Gasteiger partial charge >= 0.3 is 5.97 Å². The fourth-order valence-corrected chi connectivity index (χ4v) is 1.91. The molecule has 1 N–H and O–H groups in total. The Morgan fingerprint density at radius 3 is 2.70 bits per heavy atom. The number of halogens is 1. The summed E-state index contributed by atoms with van der Waals surface area (Å²) < 4.78 is 5.58. The molecule has 0 saturated carbocycles. The molecular formula is C15H14ClNO3. The van der Waals surface area contributed by atoms with Gasteiger partial charge in [0.1, 0.15) is 10.9 Å². The van der Waals surface area contributed by atoms with Crippen molar-refractivity contribution in [3.05, 3.63) is 52.7 Å². The van der Waals surface area contributed by atoms with Crippen LogP contribution in [0, 0.1) is 0 Å². The van der Waals surface area contributed by atoms with Crippen LogP contribution in [0.15, 0.2) is 36.4 Å². The lowest BCUT2D eigenvalue weighted by Crippen LogP contribution is -1.99. The van der Waals surface area contributed by atoms with Gasteiger partial charge in [0, 0.05) is 6.07 Å². The van der Waals surface area contributed by atoms with Crippen molar-refractivity contribution in [2.24, 2.45) is 0 Å². The average molecular weight is 292 g/mol. The van der Waals surface area contributed by atoms with Crippen LogP contribution in [0.1, 0.15) is 35.7 Å². The molecule has 0 aliphatic rings. The standard InChI is InChI=1S/C15H14ClNO3/c1-9(2)10-4-3-5-12(6-10)20-14-8-11(15(18)19)7-13(16)17-14/h3-9H,1-2H3,(H,18,19). The molecule has 2 aromatic rings. The van der Waals surface area contributed by atoms with Crippen molar-refractivity contribution < 1.29 is 14.6 Å². The van der Waals surface area contributed by atoms with Crippen molar-refractivity contribution in [3.63, 3.8) is 0 Å². The minimum Gasteiger partial charge on any atom is -0.478 e. The first-order valence-electron chi connectivity index (χ1n) is 6.14. The Balaban J connectivity index is 2.30. The molecular weight excluding hydrogens is 278 g/mol. The molecule has 2 rings (SSSR count). The summed E-state index contributed by atoms with van der Waals surface area (Å²) in [7, 11) is 0. The number of benzene rings is 1. The van der Waals surface area contributed by atoms with Gasteiger partial charge in [-0.1, -0.05) is 37.6 Å². The highest BCUT2D eigenvalue weighted by molar-refractivity contribution is 6.29. The molecule has 0 bridgehead atoms. The number of pyridine rings is 1. The maximum Gasteiger partial charge on any atom is 0.335 e. The van der Waals surface area contributed by atoms with Crippen molar-refractivity contribution in [2.45, 2.75) is 19.8 Å². The van der Waals surface area contributed by atoms with Crippen LogP contribution in [0.25, 0.3) is 0 Å². The molecule has 0 aliphatic carbocycles. The summed E-state index contributed by atoms with van der Waals surface area (Å²) in [4.78, 5) is 14.9. The second-order valence-electron chi connectivity index (χ2n) is 4.65. The van der Waals surface area contributed by atoms with Gasteiger partial charge < -0.3 is 9.84 Å². The van der Waals surface area contributed by atoms with Crippen molar-refractivity contribution in [1.82, 2.24) is 4.98 Å². The topological polar surface area (TPSA) is 59.4 Å². The van der Waals surface area contributed by atoms with Crippen LogP contribution in [0.4, 0.5) is 0 Å². The molecule has 0 spiro atoms. The highest BCUT2D eigenvalue weighted by Gasteiger charge is 2.09. The fraction of sp³-hybridized carbons (Fsp3) is 0.200. The van der Waals surface area contributed by atoms with E-state index in [1.807, 2.05) is 18.2 Å². The summed E-state index contributed by atoms with van der Waals surface area (Å²) in [6, 6.07) is 10.2. The van der Waals surface area contributed by atoms with Crippen molar-refractivity contribution in [3.8, 4) is 11.6 Å². The first-order chi connectivity index (χ1) is 9.45. The zero-order valence-electron chi connectivity index (χ0n) is 11.1. The van der Waals surface area contributed by atoms with Gasteiger partial charge in [-0.25, -0.2) is 9.78 Å². The fourth-order valence-electron chi connectivity index (χ4n) is 1.71. The van der Waals surface area contributed by atoms with E-state index in [2.05, 4.69) is 18.8 Å². The molecule has 20 heavy (non-hydrogen) atoms. The third kappa shape index (κ3) is 3.48. The molecule has 0 fully saturated rings. The van der Waals surface area contributed by atoms with Crippen LogP contribution in [0.2, 0.25) is 5.15 Å². The van der Waals surface area contributed by atoms with Crippen LogP contribution in [-0.4, -0.2) is 16.1 Å². The van der Waals surface area contributed by atoms with E-state index in [1.165, 1.54) is 12.1 Å². The number of hydrogen-bond acceptors (Lipinski definition) is 3. The maximum absolute atomic E-state index is 11.0. The molecule has 1 heterocycles. The molecule has 1 aromatic heterocycles. The average Bonchev–Trinajstić information content (AvgIpc) is 2.38. The highest BCUT2D eigenvalue weighted by atomic mass is 35.5. The Morgan fingerprint density at radius 2 is 2.05 bits per heavy atom. The van der Waals surface area contributed by atoms with Gasteiger partial charge in [0.2, 0.25) is 5.88 Å². The van der Waals surface area contributed by atoms with Gasteiger partial charge in [0.15, 0.2) is 0 Å². The Labute approximate surface area is 122 Å². The number of aromatic nitrogens is 1. The largest absolute Gasteiger partial charge is 0.478 e. The molecule has 0 aliphatic heterocycles. The second kappa shape index (κ2) is 5.92. The van der Waals surface area contributed by atoms with Gasteiger partial charge in [0.25, 0.3) is 0 Å². The lowest BCUT2D eigenvalue weighted by atomic mass is 10.0. The molecule has 0 saturated heterocycles. The number of aromatic carboxylic acids is 1. The van der Waals surface area contributed by atoms with Crippen molar-refractivity contribution in [2.75, 3.05) is 0 Å². The Hall–Kier alpha value is -2.07. The third-order valence-corrected chi connectivity index (χ3v) is 2.96. The number of nitrogens with zero attached hydrogens (tertiary/aromatic N) is 1. The number of carbonyl (C=O) groups is 1. The van der Waals surface area contributed by atoms with Crippen molar-refractivity contribution in [1.29, 1.82) is 0 Å². The predicted octanol–water partition coefficient (Wildman–Crippen LogP) is 4.35. The van der Waals surface area contributed by atoms with E-state index in [0.29, 0.717) is 11.7 Å². The zero-order chi connectivity index (χ0) is 14.7. The Bertz CT molecular complexity index is 641. The van der Waals surface area contributed by atoms with Gasteiger partial charge in [-0.3, -0.25) is 0 Å². The normalized spacial score (nSPS) is 10.6. The molecule has 0 amide bonds. The van der Waals surface area contributed by atoms with E-state index in [4.69, 9.17) is 21.4 Å². The van der Waals surface area contributed by atoms with Crippen LogP contribution in [0.5, 0.6) is 11.6 Å². The van der Waals surface area contributed by atoms with Gasteiger partial charge in [0.05, 0.1) is 5.56 Å². The van der Waals surface area contributed by atoms with Crippen LogP contribution in [-0.2, 0) is 0 Å². The molecule has 0 unspecified atom stereocenters. The Kier molecular flexibility index (Phi) is 4.25. The zero-order valence-corrected chi connectivity index (χ0v) is 11.9. The molecule has 104 valence electrons. The number of hydrogen-bond donors (Lipinski definition) is 1. The first-order valence-corrected chi connectivity index (χ1v) is 6.52. The second-order valence-corrected chi connectivity index (χ2v) is 5.04. The molecule has 1 aromatic carbocycles. The number of ether oxygens (including phenoxy) is 1. The van der Waals surface area contributed by atoms with E-state index in [-0.39, 0.29) is 16.6 Å².